The Labute approximate surface area is 103 Å². The minimum Gasteiger partial charge on any atom is -0.351 e. The van der Waals surface area contributed by atoms with Crippen LogP contribution in [0.2, 0.25) is 0 Å². The fraction of sp³-hybridized carbons (Fsp3) is 0.545. The van der Waals surface area contributed by atoms with Gasteiger partial charge in [0.2, 0.25) is 0 Å². The lowest BCUT2D eigenvalue weighted by atomic mass is 10.2. The molecule has 1 heterocycles. The molecule has 0 saturated heterocycles. The lowest BCUT2D eigenvalue weighted by Crippen LogP contribution is -2.23. The number of carbonyl (C=O) groups is 1. The van der Waals surface area contributed by atoms with Crippen molar-refractivity contribution in [3.8, 4) is 0 Å². The summed E-state index contributed by atoms with van der Waals surface area (Å²) in [5.41, 5.74) is 9.43. The second kappa shape index (κ2) is 5.70. The van der Waals surface area contributed by atoms with E-state index in [2.05, 4.69) is 15.3 Å². The average molecular weight is 250 g/mol. The Morgan fingerprint density at radius 2 is 2.47 bits per heavy atom. The van der Waals surface area contributed by atoms with Crippen LogP contribution in [0, 0.1) is 0 Å². The number of hydrogen-bond donors (Lipinski definition) is 1. The first-order valence-electron chi connectivity index (χ1n) is 5.72. The van der Waals surface area contributed by atoms with Gasteiger partial charge in [0.1, 0.15) is 0 Å². The van der Waals surface area contributed by atoms with Gasteiger partial charge < -0.3 is 5.32 Å². The summed E-state index contributed by atoms with van der Waals surface area (Å²) in [5, 5.41) is 6.25. The molecule has 1 N–H and O–H groups in total. The van der Waals surface area contributed by atoms with Gasteiger partial charge in [-0.1, -0.05) is 5.11 Å². The molecule has 5 nitrogen and oxygen atoms in total. The van der Waals surface area contributed by atoms with Crippen molar-refractivity contribution >= 4 is 17.2 Å². The molecule has 0 aromatic carbocycles. The highest BCUT2D eigenvalue weighted by molar-refractivity contribution is 7.14. The molecule has 0 spiro atoms. The van der Waals surface area contributed by atoms with Gasteiger partial charge in [-0.25, -0.2) is 0 Å². The molecule has 17 heavy (non-hydrogen) atoms. The van der Waals surface area contributed by atoms with E-state index in [4.69, 9.17) is 5.53 Å². The summed E-state index contributed by atoms with van der Waals surface area (Å²) in [4.78, 5) is 16.6. The Kier molecular flexibility index (Phi) is 4.01. The molecule has 90 valence electrons. The number of azide groups is 1. The van der Waals surface area contributed by atoms with Crippen molar-refractivity contribution in [1.82, 2.24) is 5.32 Å². The van der Waals surface area contributed by atoms with Crippen LogP contribution in [0.25, 0.3) is 10.4 Å². The summed E-state index contributed by atoms with van der Waals surface area (Å²) in [7, 11) is 0. The quantitative estimate of drug-likeness (QED) is 0.371. The van der Waals surface area contributed by atoms with Crippen LogP contribution in [-0.2, 0) is 12.8 Å². The van der Waals surface area contributed by atoms with Crippen molar-refractivity contribution in [2.24, 2.45) is 5.11 Å². The van der Waals surface area contributed by atoms with Crippen molar-refractivity contribution in [2.75, 3.05) is 13.1 Å². The van der Waals surface area contributed by atoms with E-state index in [1.54, 1.807) is 11.3 Å². The fourth-order valence-corrected chi connectivity index (χ4v) is 3.09. The van der Waals surface area contributed by atoms with E-state index >= 15 is 0 Å². The minimum absolute atomic E-state index is 0.00895. The highest BCUT2D eigenvalue weighted by atomic mass is 32.1. The lowest BCUT2D eigenvalue weighted by molar-refractivity contribution is 0.0957. The largest absolute Gasteiger partial charge is 0.351 e. The maximum absolute atomic E-state index is 11.8. The molecule has 0 saturated carbocycles. The van der Waals surface area contributed by atoms with Gasteiger partial charge in [0.15, 0.2) is 0 Å². The smallest absolute Gasteiger partial charge is 0.261 e. The van der Waals surface area contributed by atoms with Gasteiger partial charge >= 0.3 is 0 Å². The maximum Gasteiger partial charge on any atom is 0.261 e. The predicted molar refractivity (Wildman–Crippen MR) is 67.3 cm³/mol. The zero-order valence-electron chi connectivity index (χ0n) is 9.48. The summed E-state index contributed by atoms with van der Waals surface area (Å²) >= 11 is 1.60. The highest BCUT2D eigenvalue weighted by Gasteiger charge is 2.17. The van der Waals surface area contributed by atoms with Gasteiger partial charge in [-0.05, 0) is 42.8 Å². The molecule has 1 amide bonds. The number of aryl methyl sites for hydroxylation is 2. The molecule has 1 aliphatic carbocycles. The van der Waals surface area contributed by atoms with Gasteiger partial charge in [0.25, 0.3) is 5.91 Å². The van der Waals surface area contributed by atoms with Gasteiger partial charge in [-0.15, -0.1) is 11.3 Å². The Morgan fingerprint density at radius 3 is 3.24 bits per heavy atom. The predicted octanol–water partition coefficient (Wildman–Crippen LogP) is 2.67. The van der Waals surface area contributed by atoms with Crippen LogP contribution in [0.1, 0.15) is 33.0 Å². The van der Waals surface area contributed by atoms with Crippen molar-refractivity contribution < 1.29 is 4.79 Å². The van der Waals surface area contributed by atoms with E-state index in [0.29, 0.717) is 19.5 Å². The number of hydrogen-bond acceptors (Lipinski definition) is 3. The molecule has 0 unspecified atom stereocenters. The van der Waals surface area contributed by atoms with Crippen molar-refractivity contribution in [3.05, 3.63) is 31.8 Å². The van der Waals surface area contributed by atoms with Crippen LogP contribution < -0.4 is 5.32 Å². The Bertz CT molecular complexity index is 441. The second-order valence-electron chi connectivity index (χ2n) is 3.98. The van der Waals surface area contributed by atoms with E-state index in [1.165, 1.54) is 16.9 Å². The maximum atomic E-state index is 11.8. The van der Waals surface area contributed by atoms with Crippen LogP contribution in [0.4, 0.5) is 0 Å². The molecular formula is C11H14N4OS. The van der Waals surface area contributed by atoms with Crippen molar-refractivity contribution in [2.45, 2.75) is 25.7 Å². The average Bonchev–Trinajstić information content (AvgIpc) is 2.88. The number of rotatable bonds is 5. The molecular weight excluding hydrogens is 236 g/mol. The zero-order chi connectivity index (χ0) is 12.1. The normalized spacial score (nSPS) is 12.9. The number of nitrogens with zero attached hydrogens (tertiary/aromatic N) is 3. The SMILES string of the molecule is [N-]=[N+]=NCCCNC(=O)c1cc2c(s1)CCC2. The fourth-order valence-electron chi connectivity index (χ4n) is 1.92. The molecule has 0 aliphatic heterocycles. The minimum atomic E-state index is -0.00895. The van der Waals surface area contributed by atoms with Crippen LogP contribution in [-0.4, -0.2) is 19.0 Å². The molecule has 1 aliphatic rings. The zero-order valence-corrected chi connectivity index (χ0v) is 10.3. The number of nitrogens with one attached hydrogen (secondary N) is 1. The van der Waals surface area contributed by atoms with Gasteiger partial charge in [-0.2, -0.15) is 0 Å². The van der Waals surface area contributed by atoms with Crippen LogP contribution in [0.15, 0.2) is 11.2 Å². The third kappa shape index (κ3) is 2.99. The lowest BCUT2D eigenvalue weighted by Gasteiger charge is -2.01. The number of carbonyl (C=O) groups excluding carboxylic acids is 1. The molecule has 1 aromatic heterocycles. The number of thiophene rings is 1. The molecule has 2 rings (SSSR count). The monoisotopic (exact) mass is 250 g/mol. The van der Waals surface area contributed by atoms with E-state index in [1.807, 2.05) is 6.07 Å². The molecule has 0 bridgehead atoms. The molecule has 0 atom stereocenters. The van der Waals surface area contributed by atoms with E-state index in [9.17, 15) is 4.79 Å². The van der Waals surface area contributed by atoms with Gasteiger partial charge in [0, 0.05) is 22.9 Å². The Morgan fingerprint density at radius 1 is 1.59 bits per heavy atom. The number of amides is 1. The topological polar surface area (TPSA) is 77.9 Å². The van der Waals surface area contributed by atoms with Gasteiger partial charge in [-0.3, -0.25) is 4.79 Å². The summed E-state index contributed by atoms with van der Waals surface area (Å²) < 4.78 is 0. The Balaban J connectivity index is 1.81. The molecule has 0 radical (unpaired) electrons. The van der Waals surface area contributed by atoms with E-state index < -0.39 is 0 Å². The van der Waals surface area contributed by atoms with Crippen LogP contribution in [0.5, 0.6) is 0 Å². The Hall–Kier alpha value is -1.52. The first-order chi connectivity index (χ1) is 8.31. The first-order valence-corrected chi connectivity index (χ1v) is 6.53. The summed E-state index contributed by atoms with van der Waals surface area (Å²) in [6.45, 7) is 0.984. The van der Waals surface area contributed by atoms with Crippen molar-refractivity contribution in [3.63, 3.8) is 0 Å². The summed E-state index contributed by atoms with van der Waals surface area (Å²) in [5.74, 6) is -0.00895. The van der Waals surface area contributed by atoms with E-state index in [-0.39, 0.29) is 5.91 Å². The van der Waals surface area contributed by atoms with Crippen molar-refractivity contribution in [1.29, 1.82) is 0 Å². The molecule has 1 aromatic rings. The first kappa shape index (κ1) is 12.0. The third-order valence-corrected chi connectivity index (χ3v) is 3.99. The summed E-state index contributed by atoms with van der Waals surface area (Å²) in [6, 6.07) is 2.01. The highest BCUT2D eigenvalue weighted by Crippen LogP contribution is 2.30. The summed E-state index contributed by atoms with van der Waals surface area (Å²) in [6.07, 6.45) is 4.12. The number of fused-ring (bicyclic) bond motifs is 1. The van der Waals surface area contributed by atoms with E-state index in [0.717, 1.165) is 17.7 Å². The molecule has 0 fully saturated rings. The van der Waals surface area contributed by atoms with Gasteiger partial charge in [0.05, 0.1) is 4.88 Å². The third-order valence-electron chi connectivity index (χ3n) is 2.75. The van der Waals surface area contributed by atoms with Crippen LogP contribution >= 0.6 is 11.3 Å². The molecule has 6 heteroatoms. The second-order valence-corrected chi connectivity index (χ2v) is 5.11. The van der Waals surface area contributed by atoms with Crippen LogP contribution in [0.3, 0.4) is 0 Å². The standard InChI is InChI=1S/C11H14N4OS/c12-15-14-6-2-5-13-11(16)10-7-8-3-1-4-9(8)17-10/h7H,1-6H2,(H,13,16).